The minimum Gasteiger partial charge on any atom is -0.478 e. The molecule has 0 radical (unpaired) electrons. The third-order valence-corrected chi connectivity index (χ3v) is 3.32. The molecule has 0 spiro atoms. The molecule has 0 saturated heterocycles. The third-order valence-electron chi connectivity index (χ3n) is 2.97. The zero-order valence-corrected chi connectivity index (χ0v) is 11.3. The largest absolute Gasteiger partial charge is 0.478 e. The van der Waals surface area contributed by atoms with Crippen LogP contribution in [0.5, 0.6) is 0 Å². The van der Waals surface area contributed by atoms with Crippen molar-refractivity contribution < 1.29 is 19.8 Å². The van der Waals surface area contributed by atoms with Crippen LogP contribution in [0.25, 0.3) is 11.1 Å². The number of hydrogen-bond donors (Lipinski definition) is 3. The van der Waals surface area contributed by atoms with Gasteiger partial charge in [0.2, 0.25) is 0 Å². The van der Waals surface area contributed by atoms with Gasteiger partial charge in [-0.1, -0.05) is 42.5 Å². The van der Waals surface area contributed by atoms with Crippen molar-refractivity contribution >= 4 is 24.6 Å². The lowest BCUT2D eigenvalue weighted by Crippen LogP contribution is -2.12. The summed E-state index contributed by atoms with van der Waals surface area (Å²) >= 11 is 4.06. The summed E-state index contributed by atoms with van der Waals surface area (Å²) in [7, 11) is 0. The van der Waals surface area contributed by atoms with Crippen LogP contribution in [0.3, 0.4) is 0 Å². The number of benzene rings is 2. The van der Waals surface area contributed by atoms with Gasteiger partial charge >= 0.3 is 11.9 Å². The van der Waals surface area contributed by atoms with E-state index < -0.39 is 11.9 Å². The van der Waals surface area contributed by atoms with Gasteiger partial charge in [0, 0.05) is 5.75 Å². The Balaban J connectivity index is 2.80. The quantitative estimate of drug-likeness (QED) is 0.755. The van der Waals surface area contributed by atoms with E-state index in [0.29, 0.717) is 16.7 Å². The molecule has 0 heterocycles. The summed E-state index contributed by atoms with van der Waals surface area (Å²) in [5.41, 5.74) is 1.04. The molecule has 0 aromatic heterocycles. The average Bonchev–Trinajstić information content (AvgIpc) is 2.46. The smallest absolute Gasteiger partial charge is 0.337 e. The van der Waals surface area contributed by atoms with Crippen molar-refractivity contribution in [1.82, 2.24) is 0 Å². The molecule has 0 aliphatic carbocycles. The Hall–Kier alpha value is -2.27. The minimum atomic E-state index is -1.26. The summed E-state index contributed by atoms with van der Waals surface area (Å²) in [6, 6.07) is 12.1. The number of carboxylic acids is 2. The van der Waals surface area contributed by atoms with Crippen molar-refractivity contribution in [1.29, 1.82) is 0 Å². The first-order valence-corrected chi connectivity index (χ1v) is 6.48. The van der Waals surface area contributed by atoms with E-state index in [4.69, 9.17) is 0 Å². The fraction of sp³-hybridized carbons (Fsp3) is 0.0667. The van der Waals surface area contributed by atoms with Crippen molar-refractivity contribution in [2.24, 2.45) is 0 Å². The molecule has 0 aliphatic heterocycles. The number of aromatic carboxylic acids is 2. The van der Waals surface area contributed by atoms with E-state index in [2.05, 4.69) is 12.6 Å². The summed E-state index contributed by atoms with van der Waals surface area (Å²) in [5, 5.41) is 18.7. The number of carbonyl (C=O) groups is 2. The summed E-state index contributed by atoms with van der Waals surface area (Å²) in [4.78, 5) is 22.9. The van der Waals surface area contributed by atoms with Gasteiger partial charge in [0.05, 0.1) is 11.1 Å². The Labute approximate surface area is 121 Å². The predicted octanol–water partition coefficient (Wildman–Crippen LogP) is 3.18. The molecule has 20 heavy (non-hydrogen) atoms. The lowest BCUT2D eigenvalue weighted by molar-refractivity contribution is 0.0651. The molecule has 2 aromatic rings. The minimum absolute atomic E-state index is 0.164. The molecule has 0 fully saturated rings. The first kappa shape index (κ1) is 14.1. The number of thiol groups is 1. The summed E-state index contributed by atoms with van der Waals surface area (Å²) in [6.45, 7) is 0. The lowest BCUT2D eigenvalue weighted by atomic mass is 9.92. The van der Waals surface area contributed by atoms with Gasteiger partial charge in [0.15, 0.2) is 0 Å². The molecule has 0 bridgehead atoms. The zero-order chi connectivity index (χ0) is 14.7. The van der Waals surface area contributed by atoms with E-state index in [0.717, 1.165) is 0 Å². The second-order valence-corrected chi connectivity index (χ2v) is 4.47. The average molecular weight is 288 g/mol. The van der Waals surface area contributed by atoms with Crippen molar-refractivity contribution in [3.05, 3.63) is 59.2 Å². The Bertz CT molecular complexity index is 665. The maximum absolute atomic E-state index is 11.5. The van der Waals surface area contributed by atoms with Gasteiger partial charge in [-0.05, 0) is 16.7 Å². The Kier molecular flexibility index (Phi) is 4.10. The van der Waals surface area contributed by atoms with Crippen LogP contribution in [-0.4, -0.2) is 22.2 Å². The molecule has 102 valence electrons. The second-order valence-electron chi connectivity index (χ2n) is 4.16. The van der Waals surface area contributed by atoms with E-state index in [9.17, 15) is 19.8 Å². The molecular formula is C15H12O4S. The topological polar surface area (TPSA) is 74.6 Å². The van der Waals surface area contributed by atoms with E-state index in [1.165, 1.54) is 0 Å². The van der Waals surface area contributed by atoms with Gasteiger partial charge in [-0.2, -0.15) is 12.6 Å². The molecule has 2 rings (SSSR count). The fourth-order valence-corrected chi connectivity index (χ4v) is 2.37. The molecule has 2 N–H and O–H groups in total. The van der Waals surface area contributed by atoms with Crippen LogP contribution in [-0.2, 0) is 5.75 Å². The van der Waals surface area contributed by atoms with Crippen LogP contribution in [0.1, 0.15) is 26.3 Å². The molecular weight excluding hydrogens is 276 g/mol. The van der Waals surface area contributed by atoms with Crippen molar-refractivity contribution in [2.75, 3.05) is 0 Å². The highest BCUT2D eigenvalue weighted by molar-refractivity contribution is 7.79. The Morgan fingerprint density at radius 1 is 0.900 bits per heavy atom. The Morgan fingerprint density at radius 2 is 1.50 bits per heavy atom. The SMILES string of the molecule is O=C(O)c1c(CS)ccc(-c2ccccc2)c1C(=O)O. The molecule has 0 unspecified atom stereocenters. The van der Waals surface area contributed by atoms with Gasteiger partial charge in [0.1, 0.15) is 0 Å². The van der Waals surface area contributed by atoms with Crippen molar-refractivity contribution in [3.8, 4) is 11.1 Å². The van der Waals surface area contributed by atoms with E-state index in [1.54, 1.807) is 36.4 Å². The maximum Gasteiger partial charge on any atom is 0.337 e. The van der Waals surface area contributed by atoms with Crippen LogP contribution in [0.4, 0.5) is 0 Å². The number of carboxylic acid groups (broad SMARTS) is 2. The number of hydrogen-bond acceptors (Lipinski definition) is 3. The van der Waals surface area contributed by atoms with Crippen LogP contribution in [0, 0.1) is 0 Å². The summed E-state index contributed by atoms with van der Waals surface area (Å²) in [5.74, 6) is -2.36. The van der Waals surface area contributed by atoms with Crippen LogP contribution in [0.15, 0.2) is 42.5 Å². The first-order valence-electron chi connectivity index (χ1n) is 5.85. The van der Waals surface area contributed by atoms with E-state index >= 15 is 0 Å². The highest BCUT2D eigenvalue weighted by atomic mass is 32.1. The van der Waals surface area contributed by atoms with Crippen LogP contribution in [0.2, 0.25) is 0 Å². The van der Waals surface area contributed by atoms with Crippen LogP contribution >= 0.6 is 12.6 Å². The third kappa shape index (κ3) is 2.53. The van der Waals surface area contributed by atoms with E-state index in [1.807, 2.05) is 6.07 Å². The highest BCUT2D eigenvalue weighted by Gasteiger charge is 2.23. The molecule has 0 aliphatic rings. The van der Waals surface area contributed by atoms with Gasteiger partial charge < -0.3 is 10.2 Å². The van der Waals surface area contributed by atoms with Gasteiger partial charge in [-0.3, -0.25) is 0 Å². The maximum atomic E-state index is 11.5. The number of rotatable bonds is 4. The van der Waals surface area contributed by atoms with Crippen molar-refractivity contribution in [3.63, 3.8) is 0 Å². The molecule has 0 amide bonds. The molecule has 4 nitrogen and oxygen atoms in total. The first-order chi connectivity index (χ1) is 9.56. The second kappa shape index (κ2) is 5.79. The van der Waals surface area contributed by atoms with Gasteiger partial charge in [-0.25, -0.2) is 9.59 Å². The molecule has 5 heteroatoms. The molecule has 2 aromatic carbocycles. The van der Waals surface area contributed by atoms with Gasteiger partial charge in [0.25, 0.3) is 0 Å². The predicted molar refractivity (Wildman–Crippen MR) is 78.5 cm³/mol. The standard InChI is InChI=1S/C15H12O4S/c16-14(17)12-10(8-20)6-7-11(13(12)15(18)19)9-4-2-1-3-5-9/h1-7,20H,8H2,(H,16,17)(H,18,19). The Morgan fingerprint density at radius 3 is 2.00 bits per heavy atom. The van der Waals surface area contributed by atoms with E-state index in [-0.39, 0.29) is 16.9 Å². The van der Waals surface area contributed by atoms with Crippen LogP contribution < -0.4 is 0 Å². The normalized spacial score (nSPS) is 10.2. The lowest BCUT2D eigenvalue weighted by Gasteiger charge is -2.12. The van der Waals surface area contributed by atoms with Gasteiger partial charge in [-0.15, -0.1) is 0 Å². The molecule has 0 saturated carbocycles. The summed E-state index contributed by atoms with van der Waals surface area (Å²) < 4.78 is 0. The monoisotopic (exact) mass is 288 g/mol. The zero-order valence-electron chi connectivity index (χ0n) is 10.4. The molecule has 0 atom stereocenters. The fourth-order valence-electron chi connectivity index (χ4n) is 2.10. The van der Waals surface area contributed by atoms with Crippen molar-refractivity contribution in [2.45, 2.75) is 5.75 Å². The highest BCUT2D eigenvalue weighted by Crippen LogP contribution is 2.29. The summed E-state index contributed by atoms with van der Waals surface area (Å²) in [6.07, 6.45) is 0.